The molecule has 0 aliphatic heterocycles. The van der Waals surface area contributed by atoms with Crippen LogP contribution in [0.3, 0.4) is 0 Å². The van der Waals surface area contributed by atoms with Crippen molar-refractivity contribution in [3.05, 3.63) is 21.7 Å². The molecule has 9 heteroatoms. The van der Waals surface area contributed by atoms with Gasteiger partial charge in [0.05, 0.1) is 36.5 Å². The molecule has 1 aromatic rings. The fourth-order valence-corrected chi connectivity index (χ4v) is 2.05. The molecule has 136 valence electrons. The van der Waals surface area contributed by atoms with Crippen LogP contribution in [0.2, 0.25) is 10.0 Å². The van der Waals surface area contributed by atoms with Gasteiger partial charge in [-0.25, -0.2) is 0 Å². The Labute approximate surface area is 150 Å². The summed E-state index contributed by atoms with van der Waals surface area (Å²) in [4.78, 5) is 11.1. The quantitative estimate of drug-likeness (QED) is 0.295. The van der Waals surface area contributed by atoms with Gasteiger partial charge in [0.1, 0.15) is 0 Å². The second-order valence-corrected chi connectivity index (χ2v) is 5.15. The summed E-state index contributed by atoms with van der Waals surface area (Å²) in [5, 5.41) is 0.250. The zero-order chi connectivity index (χ0) is 17.8. The van der Waals surface area contributed by atoms with E-state index in [0.717, 1.165) is 0 Å². The topological polar surface area (TPSA) is 72.5 Å². The van der Waals surface area contributed by atoms with E-state index >= 15 is 0 Å². The number of rotatable bonds is 13. The summed E-state index contributed by atoms with van der Waals surface area (Å²) in [5.41, 5.74) is 0.182. The Morgan fingerprint density at radius 1 is 0.917 bits per heavy atom. The van der Waals surface area contributed by atoms with E-state index in [2.05, 4.69) is 0 Å². The maximum Gasteiger partial charge on any atom is 0.189 e. The van der Waals surface area contributed by atoms with Crippen LogP contribution in [0.4, 0.5) is 0 Å². The van der Waals surface area contributed by atoms with Crippen LogP contribution in [0.15, 0.2) is 6.07 Å². The molecule has 0 saturated heterocycles. The van der Waals surface area contributed by atoms with Gasteiger partial charge in [0.25, 0.3) is 0 Å². The Morgan fingerprint density at radius 2 is 1.46 bits per heavy atom. The second kappa shape index (κ2) is 12.3. The molecule has 0 amide bonds. The lowest BCUT2D eigenvalue weighted by molar-refractivity contribution is -0.0206. The number of hydrogen-bond acceptors (Lipinski definition) is 7. The number of aldehydes is 1. The predicted molar refractivity (Wildman–Crippen MR) is 88.5 cm³/mol. The van der Waals surface area contributed by atoms with Gasteiger partial charge in [0, 0.05) is 19.8 Å². The SMILES string of the molecule is COCCOCOc1c(Cl)cc(C=O)c(Cl)c1OCOCCOC. The van der Waals surface area contributed by atoms with Crippen molar-refractivity contribution in [2.24, 2.45) is 0 Å². The minimum atomic E-state index is -0.109. The molecule has 0 radical (unpaired) electrons. The van der Waals surface area contributed by atoms with E-state index in [1.165, 1.54) is 6.07 Å². The first kappa shape index (κ1) is 21.0. The Morgan fingerprint density at radius 3 is 1.96 bits per heavy atom. The Kier molecular flexibility index (Phi) is 10.7. The molecule has 0 saturated carbocycles. The molecule has 0 N–H and O–H groups in total. The molecule has 0 aromatic heterocycles. The predicted octanol–water partition coefficient (Wildman–Crippen LogP) is 2.80. The normalized spacial score (nSPS) is 10.7. The molecular formula is C15H20Cl2O7. The minimum absolute atomic E-state index is 0.0802. The monoisotopic (exact) mass is 382 g/mol. The van der Waals surface area contributed by atoms with Crippen LogP contribution < -0.4 is 9.47 Å². The van der Waals surface area contributed by atoms with E-state index in [9.17, 15) is 4.79 Å². The van der Waals surface area contributed by atoms with Crippen molar-refractivity contribution < 1.29 is 33.2 Å². The third-order valence-corrected chi connectivity index (χ3v) is 3.39. The van der Waals surface area contributed by atoms with Crippen molar-refractivity contribution in [2.45, 2.75) is 0 Å². The van der Waals surface area contributed by atoms with Crippen LogP contribution in [0, 0.1) is 0 Å². The van der Waals surface area contributed by atoms with Crippen LogP contribution in [0.1, 0.15) is 10.4 Å². The highest BCUT2D eigenvalue weighted by molar-refractivity contribution is 6.37. The van der Waals surface area contributed by atoms with Gasteiger partial charge >= 0.3 is 0 Å². The number of halogens is 2. The van der Waals surface area contributed by atoms with Crippen molar-refractivity contribution in [3.63, 3.8) is 0 Å². The van der Waals surface area contributed by atoms with Crippen molar-refractivity contribution in [3.8, 4) is 11.5 Å². The number of benzene rings is 1. The molecule has 1 rings (SSSR count). The van der Waals surface area contributed by atoms with E-state index < -0.39 is 0 Å². The molecule has 0 bridgehead atoms. The minimum Gasteiger partial charge on any atom is -0.462 e. The maximum atomic E-state index is 11.1. The number of carbonyl (C=O) groups is 1. The van der Waals surface area contributed by atoms with Gasteiger partial charge < -0.3 is 28.4 Å². The fraction of sp³-hybridized carbons (Fsp3) is 0.533. The summed E-state index contributed by atoms with van der Waals surface area (Å²) < 4.78 is 31.1. The molecule has 0 unspecified atom stereocenters. The number of methoxy groups -OCH3 is 2. The smallest absolute Gasteiger partial charge is 0.189 e. The first-order valence-electron chi connectivity index (χ1n) is 7.01. The summed E-state index contributed by atoms with van der Waals surface area (Å²) in [5.74, 6) is 0.277. The Hall–Kier alpha value is -1.09. The summed E-state index contributed by atoms with van der Waals surface area (Å²) in [7, 11) is 3.12. The Bertz CT molecular complexity index is 511. The molecule has 0 spiro atoms. The number of ether oxygens (including phenoxy) is 6. The average molecular weight is 383 g/mol. The average Bonchev–Trinajstić information content (AvgIpc) is 2.58. The lowest BCUT2D eigenvalue weighted by Crippen LogP contribution is -2.11. The van der Waals surface area contributed by atoms with Gasteiger partial charge in [-0.15, -0.1) is 0 Å². The van der Waals surface area contributed by atoms with Crippen molar-refractivity contribution in [1.82, 2.24) is 0 Å². The van der Waals surface area contributed by atoms with Crippen LogP contribution >= 0.6 is 23.2 Å². The fourth-order valence-electron chi connectivity index (χ4n) is 1.56. The van der Waals surface area contributed by atoms with Gasteiger partial charge in [0.2, 0.25) is 0 Å². The van der Waals surface area contributed by atoms with E-state index in [4.69, 9.17) is 51.6 Å². The standard InChI is InChI=1S/C15H20Cl2O7/c1-19-3-5-21-9-23-14-12(16)7-11(8-18)13(17)15(14)24-10-22-6-4-20-2/h7-8H,3-6,9-10H2,1-2H3. The summed E-state index contributed by atoms with van der Waals surface area (Å²) in [6.07, 6.45) is 0.575. The van der Waals surface area contributed by atoms with Crippen LogP contribution in [0.5, 0.6) is 11.5 Å². The van der Waals surface area contributed by atoms with E-state index in [1.807, 2.05) is 0 Å². The van der Waals surface area contributed by atoms with Crippen LogP contribution in [-0.2, 0) is 18.9 Å². The first-order chi connectivity index (χ1) is 11.7. The first-order valence-corrected chi connectivity index (χ1v) is 7.77. The molecule has 1 aromatic carbocycles. The molecule has 0 aliphatic rings. The van der Waals surface area contributed by atoms with Gasteiger partial charge in [-0.3, -0.25) is 4.79 Å². The molecule has 0 fully saturated rings. The van der Waals surface area contributed by atoms with E-state index in [0.29, 0.717) is 32.7 Å². The zero-order valence-corrected chi connectivity index (χ0v) is 15.0. The maximum absolute atomic E-state index is 11.1. The number of carbonyl (C=O) groups excluding carboxylic acids is 1. The Balaban J connectivity index is 2.78. The highest BCUT2D eigenvalue weighted by atomic mass is 35.5. The molecule has 0 heterocycles. The van der Waals surface area contributed by atoms with Crippen molar-refractivity contribution in [1.29, 1.82) is 0 Å². The second-order valence-electron chi connectivity index (χ2n) is 4.36. The van der Waals surface area contributed by atoms with Crippen molar-refractivity contribution in [2.75, 3.05) is 54.2 Å². The lowest BCUT2D eigenvalue weighted by atomic mass is 10.2. The summed E-state index contributed by atoms with van der Waals surface area (Å²) in [6.45, 7) is 1.35. The number of hydrogen-bond donors (Lipinski definition) is 0. The molecular weight excluding hydrogens is 363 g/mol. The van der Waals surface area contributed by atoms with Gasteiger partial charge in [-0.1, -0.05) is 23.2 Å². The largest absolute Gasteiger partial charge is 0.462 e. The highest BCUT2D eigenvalue weighted by Crippen LogP contribution is 2.42. The molecule has 0 aliphatic carbocycles. The molecule has 7 nitrogen and oxygen atoms in total. The zero-order valence-electron chi connectivity index (χ0n) is 13.5. The lowest BCUT2D eigenvalue weighted by Gasteiger charge is -2.16. The van der Waals surface area contributed by atoms with E-state index in [1.54, 1.807) is 14.2 Å². The van der Waals surface area contributed by atoms with Gasteiger partial charge in [-0.05, 0) is 6.07 Å². The van der Waals surface area contributed by atoms with E-state index in [-0.39, 0.29) is 40.7 Å². The third kappa shape index (κ3) is 6.80. The molecule has 24 heavy (non-hydrogen) atoms. The third-order valence-electron chi connectivity index (χ3n) is 2.72. The van der Waals surface area contributed by atoms with Crippen LogP contribution in [0.25, 0.3) is 0 Å². The summed E-state index contributed by atoms with van der Waals surface area (Å²) >= 11 is 12.3. The van der Waals surface area contributed by atoms with Gasteiger partial charge in [-0.2, -0.15) is 0 Å². The van der Waals surface area contributed by atoms with Crippen molar-refractivity contribution >= 4 is 29.5 Å². The van der Waals surface area contributed by atoms with Gasteiger partial charge in [0.15, 0.2) is 31.4 Å². The van der Waals surface area contributed by atoms with Crippen LogP contribution in [-0.4, -0.2) is 60.5 Å². The molecule has 0 atom stereocenters. The highest BCUT2D eigenvalue weighted by Gasteiger charge is 2.19. The summed E-state index contributed by atoms with van der Waals surface area (Å²) in [6, 6.07) is 1.39.